The molecule has 0 aliphatic heterocycles. The molecule has 0 bridgehead atoms. The van der Waals surface area contributed by atoms with Crippen LogP contribution in [0.1, 0.15) is 35.8 Å². The largest absolute Gasteiger partial charge is 0.435 e. The highest BCUT2D eigenvalue weighted by atomic mass is 35.5. The summed E-state index contributed by atoms with van der Waals surface area (Å²) >= 11 is 5.64. The van der Waals surface area contributed by atoms with Gasteiger partial charge in [-0.25, -0.2) is 0 Å². The fourth-order valence-corrected chi connectivity index (χ4v) is 1.48. The van der Waals surface area contributed by atoms with E-state index in [9.17, 15) is 18.0 Å². The topological polar surface area (TPSA) is 34.9 Å². The smallest absolute Gasteiger partial charge is 0.298 e. The number of aldehydes is 1. The van der Waals surface area contributed by atoms with Crippen LogP contribution in [0, 0.1) is 0 Å². The molecule has 0 aliphatic rings. The number of carbonyl (C=O) groups is 1. The molecule has 0 N–H and O–H groups in total. The third kappa shape index (κ3) is 2.55. The van der Waals surface area contributed by atoms with Crippen molar-refractivity contribution in [3.8, 4) is 0 Å². The minimum Gasteiger partial charge on any atom is -0.298 e. The van der Waals surface area contributed by atoms with Crippen molar-refractivity contribution in [3.63, 3.8) is 0 Å². The van der Waals surface area contributed by atoms with Crippen molar-refractivity contribution in [2.75, 3.05) is 0 Å². The maximum Gasteiger partial charge on any atom is 0.435 e. The normalized spacial score (nSPS) is 11.8. The first-order chi connectivity index (χ1) is 7.41. The van der Waals surface area contributed by atoms with Gasteiger partial charge in [-0.1, -0.05) is 24.9 Å². The predicted molar refractivity (Wildman–Crippen MR) is 52.5 cm³/mol. The van der Waals surface area contributed by atoms with Crippen LogP contribution in [0.4, 0.5) is 13.2 Å². The Bertz CT molecular complexity index is 387. The van der Waals surface area contributed by atoms with E-state index in [0.717, 1.165) is 11.1 Å². The van der Waals surface area contributed by atoms with Crippen molar-refractivity contribution >= 4 is 17.9 Å². The Morgan fingerprint density at radius 1 is 1.50 bits per heavy atom. The number of aromatic nitrogens is 2. The van der Waals surface area contributed by atoms with Crippen molar-refractivity contribution in [1.29, 1.82) is 0 Å². The molecule has 0 fully saturated rings. The Balaban J connectivity index is 3.15. The van der Waals surface area contributed by atoms with Crippen LogP contribution >= 0.6 is 11.6 Å². The lowest BCUT2D eigenvalue weighted by Gasteiger charge is -2.02. The van der Waals surface area contributed by atoms with Crippen LogP contribution < -0.4 is 0 Å². The van der Waals surface area contributed by atoms with Crippen molar-refractivity contribution in [2.45, 2.75) is 32.5 Å². The Morgan fingerprint density at radius 2 is 2.12 bits per heavy atom. The Labute approximate surface area is 95.2 Å². The van der Waals surface area contributed by atoms with Crippen LogP contribution in [0.2, 0.25) is 5.15 Å². The zero-order valence-corrected chi connectivity index (χ0v) is 9.27. The number of nitrogens with zero attached hydrogens (tertiary/aromatic N) is 2. The van der Waals surface area contributed by atoms with Crippen LogP contribution in [0.15, 0.2) is 0 Å². The van der Waals surface area contributed by atoms with E-state index in [4.69, 9.17) is 11.6 Å². The van der Waals surface area contributed by atoms with Gasteiger partial charge in [-0.15, -0.1) is 0 Å². The summed E-state index contributed by atoms with van der Waals surface area (Å²) in [5, 5.41) is 3.06. The lowest BCUT2D eigenvalue weighted by atomic mass is 10.2. The van der Waals surface area contributed by atoms with Gasteiger partial charge in [0.15, 0.2) is 12.0 Å². The third-order valence-electron chi connectivity index (χ3n) is 2.03. The molecule has 0 radical (unpaired) electrons. The van der Waals surface area contributed by atoms with E-state index >= 15 is 0 Å². The summed E-state index contributed by atoms with van der Waals surface area (Å²) in [4.78, 5) is 10.5. The van der Waals surface area contributed by atoms with Crippen molar-refractivity contribution in [2.24, 2.45) is 0 Å². The molecule has 0 aliphatic carbocycles. The van der Waals surface area contributed by atoms with Gasteiger partial charge in [-0.3, -0.25) is 9.48 Å². The summed E-state index contributed by atoms with van der Waals surface area (Å²) in [6.07, 6.45) is -3.12. The lowest BCUT2D eigenvalue weighted by molar-refractivity contribution is -0.141. The molecule has 0 spiro atoms. The Morgan fingerprint density at radius 3 is 2.50 bits per heavy atom. The maximum absolute atomic E-state index is 12.5. The second-order valence-corrected chi connectivity index (χ2v) is 3.60. The van der Waals surface area contributed by atoms with Gasteiger partial charge >= 0.3 is 6.18 Å². The summed E-state index contributed by atoms with van der Waals surface area (Å²) in [7, 11) is 0. The zero-order chi connectivity index (χ0) is 12.3. The van der Waals surface area contributed by atoms with Gasteiger partial charge in [0, 0.05) is 6.54 Å². The van der Waals surface area contributed by atoms with E-state index in [2.05, 4.69) is 5.10 Å². The molecule has 7 heteroatoms. The summed E-state index contributed by atoms with van der Waals surface area (Å²) in [5.41, 5.74) is -1.81. The number of alkyl halides is 3. The molecule has 0 saturated heterocycles. The second kappa shape index (κ2) is 4.86. The molecule has 16 heavy (non-hydrogen) atoms. The van der Waals surface area contributed by atoms with Crippen LogP contribution in [-0.4, -0.2) is 16.1 Å². The van der Waals surface area contributed by atoms with Gasteiger partial charge in [0.1, 0.15) is 5.15 Å². The van der Waals surface area contributed by atoms with Gasteiger partial charge in [-0.05, 0) is 6.42 Å². The number of rotatable bonds is 4. The monoisotopic (exact) mass is 254 g/mol. The van der Waals surface area contributed by atoms with Crippen LogP contribution in [-0.2, 0) is 12.7 Å². The van der Waals surface area contributed by atoms with Crippen LogP contribution in [0.3, 0.4) is 0 Å². The van der Waals surface area contributed by atoms with Crippen LogP contribution in [0.25, 0.3) is 0 Å². The van der Waals surface area contributed by atoms with Gasteiger partial charge in [-0.2, -0.15) is 18.3 Å². The first-order valence-electron chi connectivity index (χ1n) is 4.70. The number of unbranched alkanes of at least 4 members (excludes halogenated alkanes) is 1. The molecule has 1 aromatic heterocycles. The number of hydrogen-bond donors (Lipinski definition) is 0. The van der Waals surface area contributed by atoms with Crippen LogP contribution in [0.5, 0.6) is 0 Å². The van der Waals surface area contributed by atoms with E-state index in [1.54, 1.807) is 0 Å². The number of carbonyl (C=O) groups excluding carboxylic acids is 1. The summed E-state index contributed by atoms with van der Waals surface area (Å²) < 4.78 is 38.4. The van der Waals surface area contributed by atoms with E-state index < -0.39 is 17.4 Å². The van der Waals surface area contributed by atoms with E-state index in [1.807, 2.05) is 6.92 Å². The highest BCUT2D eigenvalue weighted by Crippen LogP contribution is 2.33. The molecule has 0 atom stereocenters. The summed E-state index contributed by atoms with van der Waals surface area (Å²) in [5.74, 6) is 0. The van der Waals surface area contributed by atoms with Gasteiger partial charge in [0.2, 0.25) is 0 Å². The first kappa shape index (κ1) is 13.0. The molecule has 0 saturated carbocycles. The molecule has 90 valence electrons. The molecule has 0 aromatic carbocycles. The molecule has 1 rings (SSSR count). The minimum absolute atomic E-state index is 0.0839. The fourth-order valence-electron chi connectivity index (χ4n) is 1.23. The highest BCUT2D eigenvalue weighted by Gasteiger charge is 2.38. The molecule has 1 aromatic rings. The number of halogens is 4. The standard InChI is InChI=1S/C9H10ClF3N2O/c1-2-3-4-15-8(10)6(5-16)7(14-15)9(11,12)13/h5H,2-4H2,1H3. The molecule has 0 amide bonds. The van der Waals surface area contributed by atoms with Crippen molar-refractivity contribution < 1.29 is 18.0 Å². The van der Waals surface area contributed by atoms with Gasteiger partial charge in [0.25, 0.3) is 0 Å². The lowest BCUT2D eigenvalue weighted by Crippen LogP contribution is -2.09. The Hall–Kier alpha value is -1.04. The maximum atomic E-state index is 12.5. The van der Waals surface area contributed by atoms with E-state index in [0.29, 0.717) is 6.42 Å². The Kier molecular flexibility index (Phi) is 3.96. The van der Waals surface area contributed by atoms with Gasteiger partial charge < -0.3 is 0 Å². The average molecular weight is 255 g/mol. The molecule has 1 heterocycles. The predicted octanol–water partition coefficient (Wildman–Crippen LogP) is 3.17. The quantitative estimate of drug-likeness (QED) is 0.774. The molecule has 3 nitrogen and oxygen atoms in total. The summed E-state index contributed by atoms with van der Waals surface area (Å²) in [6.45, 7) is 2.16. The van der Waals surface area contributed by atoms with Crippen molar-refractivity contribution in [3.05, 3.63) is 16.4 Å². The minimum atomic E-state index is -4.66. The molecule has 0 unspecified atom stereocenters. The first-order valence-corrected chi connectivity index (χ1v) is 5.08. The second-order valence-electron chi connectivity index (χ2n) is 3.25. The van der Waals surface area contributed by atoms with E-state index in [-0.39, 0.29) is 18.0 Å². The number of hydrogen-bond acceptors (Lipinski definition) is 2. The van der Waals surface area contributed by atoms with Gasteiger partial charge in [0.05, 0.1) is 5.56 Å². The fraction of sp³-hybridized carbons (Fsp3) is 0.556. The molecular formula is C9H10ClF3N2O. The van der Waals surface area contributed by atoms with Crippen molar-refractivity contribution in [1.82, 2.24) is 9.78 Å². The third-order valence-corrected chi connectivity index (χ3v) is 2.43. The zero-order valence-electron chi connectivity index (χ0n) is 8.51. The molecular weight excluding hydrogens is 245 g/mol. The van der Waals surface area contributed by atoms with E-state index in [1.165, 1.54) is 0 Å². The SMILES string of the molecule is CCCCn1nc(C(F)(F)F)c(C=O)c1Cl. The average Bonchev–Trinajstić information content (AvgIpc) is 2.51. The highest BCUT2D eigenvalue weighted by molar-refractivity contribution is 6.32. The summed E-state index contributed by atoms with van der Waals surface area (Å²) in [6, 6.07) is 0. The number of aryl methyl sites for hydroxylation is 1.